The molecule has 0 aliphatic rings. The minimum absolute atomic E-state index is 0.0718. The van der Waals surface area contributed by atoms with Gasteiger partial charge in [0.2, 0.25) is 5.13 Å². The van der Waals surface area contributed by atoms with Gasteiger partial charge in [0.15, 0.2) is 11.5 Å². The predicted molar refractivity (Wildman–Crippen MR) is 151 cm³/mol. The third-order valence-electron chi connectivity index (χ3n) is 5.43. The standard InChI is InChI=1S/C30H28N4O4S/c1-3-36-27-18-23(12-13-26(27)38-15-14-37-25-11-7-8-21(2)16-25)17-24(20-31)29(35)32-30-34-33-28(39-30)19-22-9-5-4-6-10-22/h4-13,16-18H,3,14-15,19H2,1-2H3,(H,32,34,35)/b24-17-. The molecule has 0 atom stereocenters. The Morgan fingerprint density at radius 2 is 1.79 bits per heavy atom. The van der Waals surface area contributed by atoms with Gasteiger partial charge in [-0.1, -0.05) is 59.9 Å². The number of hydrogen-bond acceptors (Lipinski definition) is 8. The van der Waals surface area contributed by atoms with E-state index in [1.165, 1.54) is 17.4 Å². The zero-order valence-electron chi connectivity index (χ0n) is 21.7. The zero-order valence-corrected chi connectivity index (χ0v) is 22.5. The summed E-state index contributed by atoms with van der Waals surface area (Å²) < 4.78 is 17.3. The van der Waals surface area contributed by atoms with E-state index in [2.05, 4.69) is 15.5 Å². The molecule has 0 unspecified atom stereocenters. The number of nitrogens with zero attached hydrogens (tertiary/aromatic N) is 3. The maximum Gasteiger partial charge on any atom is 0.268 e. The van der Waals surface area contributed by atoms with Crippen LogP contribution in [0.15, 0.2) is 78.4 Å². The fraction of sp³-hybridized carbons (Fsp3) is 0.200. The van der Waals surface area contributed by atoms with Crippen molar-refractivity contribution in [3.8, 4) is 23.3 Å². The van der Waals surface area contributed by atoms with Crippen LogP contribution < -0.4 is 19.5 Å². The van der Waals surface area contributed by atoms with Crippen molar-refractivity contribution < 1.29 is 19.0 Å². The topological polar surface area (TPSA) is 106 Å². The molecule has 3 aromatic carbocycles. The molecule has 0 aliphatic heterocycles. The van der Waals surface area contributed by atoms with Gasteiger partial charge in [0, 0.05) is 6.42 Å². The van der Waals surface area contributed by atoms with Crippen molar-refractivity contribution in [1.29, 1.82) is 5.26 Å². The van der Waals surface area contributed by atoms with E-state index in [9.17, 15) is 10.1 Å². The molecule has 1 N–H and O–H groups in total. The highest BCUT2D eigenvalue weighted by molar-refractivity contribution is 7.15. The van der Waals surface area contributed by atoms with Crippen LogP contribution in [0.2, 0.25) is 0 Å². The second-order valence-electron chi connectivity index (χ2n) is 8.44. The van der Waals surface area contributed by atoms with Crippen molar-refractivity contribution in [2.75, 3.05) is 25.1 Å². The second kappa shape index (κ2) is 13.7. The Hall–Kier alpha value is -4.68. The SMILES string of the molecule is CCOc1cc(/C=C(/C#N)C(=O)Nc2nnc(Cc3ccccc3)s2)ccc1OCCOc1cccc(C)c1. The van der Waals surface area contributed by atoms with E-state index < -0.39 is 5.91 Å². The van der Waals surface area contributed by atoms with E-state index in [0.717, 1.165) is 21.9 Å². The van der Waals surface area contributed by atoms with Crippen LogP contribution in [0.5, 0.6) is 17.2 Å². The molecule has 1 aromatic heterocycles. The van der Waals surface area contributed by atoms with E-state index in [1.54, 1.807) is 18.2 Å². The maximum absolute atomic E-state index is 12.8. The van der Waals surface area contributed by atoms with Crippen molar-refractivity contribution >= 4 is 28.5 Å². The molecule has 8 nitrogen and oxygen atoms in total. The second-order valence-corrected chi connectivity index (χ2v) is 9.50. The highest BCUT2D eigenvalue weighted by Crippen LogP contribution is 2.30. The Kier molecular flexibility index (Phi) is 9.64. The molecule has 1 amide bonds. The van der Waals surface area contributed by atoms with Gasteiger partial charge in [-0.05, 0) is 60.9 Å². The van der Waals surface area contributed by atoms with E-state index in [0.29, 0.717) is 48.4 Å². The fourth-order valence-corrected chi connectivity index (χ4v) is 4.41. The summed E-state index contributed by atoms with van der Waals surface area (Å²) in [6.45, 7) is 5.00. The van der Waals surface area contributed by atoms with E-state index in [-0.39, 0.29) is 5.57 Å². The molecule has 198 valence electrons. The Bertz CT molecular complexity index is 1480. The summed E-state index contributed by atoms with van der Waals surface area (Å²) in [5, 5.41) is 21.6. The van der Waals surface area contributed by atoms with Crippen molar-refractivity contribution in [2.24, 2.45) is 0 Å². The fourth-order valence-electron chi connectivity index (χ4n) is 3.64. The number of anilines is 1. The van der Waals surface area contributed by atoms with Crippen LogP contribution in [-0.4, -0.2) is 35.9 Å². The highest BCUT2D eigenvalue weighted by Gasteiger charge is 2.14. The summed E-state index contributed by atoms with van der Waals surface area (Å²) in [5.41, 5.74) is 2.77. The van der Waals surface area contributed by atoms with Gasteiger partial charge < -0.3 is 14.2 Å². The smallest absolute Gasteiger partial charge is 0.268 e. The predicted octanol–water partition coefficient (Wildman–Crippen LogP) is 5.84. The van der Waals surface area contributed by atoms with Crippen LogP contribution in [0.1, 0.15) is 28.6 Å². The summed E-state index contributed by atoms with van der Waals surface area (Å²) >= 11 is 1.27. The van der Waals surface area contributed by atoms with Crippen LogP contribution in [0.3, 0.4) is 0 Å². The first-order valence-electron chi connectivity index (χ1n) is 12.4. The monoisotopic (exact) mass is 540 g/mol. The summed E-state index contributed by atoms with van der Waals surface area (Å²) in [6, 6.07) is 24.9. The number of aryl methyl sites for hydroxylation is 1. The molecule has 0 saturated heterocycles. The van der Waals surface area contributed by atoms with Gasteiger partial charge in [-0.3, -0.25) is 10.1 Å². The lowest BCUT2D eigenvalue weighted by Crippen LogP contribution is -2.13. The Labute approximate surface area is 231 Å². The van der Waals surface area contributed by atoms with Crippen LogP contribution in [0.25, 0.3) is 6.08 Å². The number of rotatable bonds is 12. The summed E-state index contributed by atoms with van der Waals surface area (Å²) in [6.07, 6.45) is 2.11. The van der Waals surface area contributed by atoms with Crippen LogP contribution >= 0.6 is 11.3 Å². The lowest BCUT2D eigenvalue weighted by Gasteiger charge is -2.13. The first-order chi connectivity index (χ1) is 19.0. The summed E-state index contributed by atoms with van der Waals surface area (Å²) in [5.74, 6) is 1.28. The van der Waals surface area contributed by atoms with Crippen LogP contribution in [0.4, 0.5) is 5.13 Å². The molecular formula is C30H28N4O4S. The van der Waals surface area contributed by atoms with Gasteiger partial charge in [0.05, 0.1) is 6.61 Å². The largest absolute Gasteiger partial charge is 0.490 e. The molecule has 0 spiro atoms. The maximum atomic E-state index is 12.8. The first-order valence-corrected chi connectivity index (χ1v) is 13.2. The van der Waals surface area contributed by atoms with Crippen LogP contribution in [0, 0.1) is 18.3 Å². The number of ether oxygens (including phenoxy) is 3. The lowest BCUT2D eigenvalue weighted by molar-refractivity contribution is -0.112. The Morgan fingerprint density at radius 1 is 0.974 bits per heavy atom. The zero-order chi connectivity index (χ0) is 27.5. The van der Waals surface area contributed by atoms with Crippen molar-refractivity contribution in [2.45, 2.75) is 20.3 Å². The number of carbonyl (C=O) groups is 1. The normalized spacial score (nSPS) is 10.9. The van der Waals surface area contributed by atoms with Gasteiger partial charge in [0.25, 0.3) is 5.91 Å². The first kappa shape index (κ1) is 27.4. The Balaban J connectivity index is 1.38. The minimum atomic E-state index is -0.563. The number of aromatic nitrogens is 2. The molecule has 0 aliphatic carbocycles. The van der Waals surface area contributed by atoms with E-state index >= 15 is 0 Å². The number of nitrogens with one attached hydrogen (secondary N) is 1. The molecule has 39 heavy (non-hydrogen) atoms. The van der Waals surface area contributed by atoms with Gasteiger partial charge in [-0.15, -0.1) is 10.2 Å². The van der Waals surface area contributed by atoms with Crippen molar-refractivity contribution in [3.05, 3.63) is 100 Å². The molecule has 1 heterocycles. The van der Waals surface area contributed by atoms with E-state index in [1.807, 2.05) is 74.5 Å². The highest BCUT2D eigenvalue weighted by atomic mass is 32.1. The van der Waals surface area contributed by atoms with Gasteiger partial charge >= 0.3 is 0 Å². The summed E-state index contributed by atoms with van der Waals surface area (Å²) in [4.78, 5) is 12.8. The van der Waals surface area contributed by atoms with Crippen molar-refractivity contribution in [3.63, 3.8) is 0 Å². The average Bonchev–Trinajstić information content (AvgIpc) is 3.37. The quantitative estimate of drug-likeness (QED) is 0.137. The molecule has 0 fully saturated rings. The molecular weight excluding hydrogens is 512 g/mol. The molecule has 0 bridgehead atoms. The number of amides is 1. The third kappa shape index (κ3) is 8.15. The molecule has 9 heteroatoms. The van der Waals surface area contributed by atoms with Gasteiger partial charge in [-0.25, -0.2) is 0 Å². The van der Waals surface area contributed by atoms with Crippen LogP contribution in [-0.2, 0) is 11.2 Å². The molecule has 4 rings (SSSR count). The number of benzene rings is 3. The van der Waals surface area contributed by atoms with Gasteiger partial charge in [0.1, 0.15) is 35.6 Å². The number of hydrogen-bond donors (Lipinski definition) is 1. The third-order valence-corrected chi connectivity index (χ3v) is 6.27. The minimum Gasteiger partial charge on any atom is -0.490 e. The lowest BCUT2D eigenvalue weighted by atomic mass is 10.1. The van der Waals surface area contributed by atoms with Gasteiger partial charge in [-0.2, -0.15) is 5.26 Å². The molecule has 0 saturated carbocycles. The molecule has 4 aromatic rings. The number of nitriles is 1. The van der Waals surface area contributed by atoms with E-state index in [4.69, 9.17) is 14.2 Å². The molecule has 0 radical (unpaired) electrons. The summed E-state index contributed by atoms with van der Waals surface area (Å²) in [7, 11) is 0. The number of carbonyl (C=O) groups excluding carboxylic acids is 1. The Morgan fingerprint density at radius 3 is 2.56 bits per heavy atom. The van der Waals surface area contributed by atoms with Crippen molar-refractivity contribution in [1.82, 2.24) is 10.2 Å². The average molecular weight is 541 g/mol.